The van der Waals surface area contributed by atoms with Gasteiger partial charge in [-0.3, -0.25) is 9.69 Å². The Morgan fingerprint density at radius 3 is 2.41 bits per heavy atom. The number of halogens is 6. The van der Waals surface area contributed by atoms with Crippen LogP contribution in [0.3, 0.4) is 0 Å². The predicted molar refractivity (Wildman–Crippen MR) is 135 cm³/mol. The summed E-state index contributed by atoms with van der Waals surface area (Å²) in [5, 5.41) is 17.4. The zero-order valence-corrected chi connectivity index (χ0v) is 22.2. The molecule has 1 saturated carbocycles. The van der Waals surface area contributed by atoms with Crippen LogP contribution >= 0.6 is 0 Å². The molecule has 13 heteroatoms. The van der Waals surface area contributed by atoms with Gasteiger partial charge in [0.25, 0.3) is 5.91 Å². The van der Waals surface area contributed by atoms with E-state index in [1.54, 1.807) is 11.8 Å². The number of amides is 1. The zero-order chi connectivity index (χ0) is 29.5. The number of anilines is 1. The molecule has 2 aliphatic heterocycles. The number of alkyl halides is 6. The van der Waals surface area contributed by atoms with Gasteiger partial charge in [0, 0.05) is 56.2 Å². The van der Waals surface area contributed by atoms with Crippen molar-refractivity contribution in [2.24, 2.45) is 7.05 Å². The van der Waals surface area contributed by atoms with E-state index in [2.05, 4.69) is 10.2 Å². The Labute approximate surface area is 231 Å². The van der Waals surface area contributed by atoms with Crippen LogP contribution in [0.2, 0.25) is 0 Å². The van der Waals surface area contributed by atoms with E-state index in [0.717, 1.165) is 11.0 Å². The molecule has 41 heavy (non-hydrogen) atoms. The van der Waals surface area contributed by atoms with Crippen LogP contribution in [0.15, 0.2) is 42.7 Å². The number of β-amino-alcohol motifs (C(OH)–C–C–N with tert-alkyl or cyclic N) is 1. The van der Waals surface area contributed by atoms with Crippen molar-refractivity contribution >= 4 is 11.6 Å². The van der Waals surface area contributed by atoms with E-state index in [-0.39, 0.29) is 46.9 Å². The maximum atomic E-state index is 15.9. The number of aryl methyl sites for hydroxylation is 1. The zero-order valence-electron chi connectivity index (χ0n) is 22.2. The molecule has 2 aromatic carbocycles. The van der Waals surface area contributed by atoms with Crippen LogP contribution < -0.4 is 4.90 Å². The van der Waals surface area contributed by atoms with Gasteiger partial charge in [-0.05, 0) is 47.9 Å². The predicted octanol–water partition coefficient (Wildman–Crippen LogP) is 4.94. The second-order valence-corrected chi connectivity index (χ2v) is 11.8. The van der Waals surface area contributed by atoms with Crippen molar-refractivity contribution in [3.63, 3.8) is 0 Å². The minimum absolute atomic E-state index is 0.0974. The molecule has 3 aliphatic rings. The molecule has 2 fully saturated rings. The third kappa shape index (κ3) is 4.68. The third-order valence-corrected chi connectivity index (χ3v) is 8.28. The number of aromatic nitrogens is 3. The van der Waals surface area contributed by atoms with Gasteiger partial charge >= 0.3 is 6.18 Å². The van der Waals surface area contributed by atoms with Crippen LogP contribution in [-0.2, 0) is 31.7 Å². The number of aliphatic hydroxyl groups is 1. The van der Waals surface area contributed by atoms with Crippen molar-refractivity contribution in [1.82, 2.24) is 19.7 Å². The molecule has 1 amide bonds. The first-order chi connectivity index (χ1) is 19.1. The van der Waals surface area contributed by atoms with Crippen LogP contribution in [0.4, 0.5) is 32.0 Å². The molecule has 0 spiro atoms. The van der Waals surface area contributed by atoms with Gasteiger partial charge in [-0.1, -0.05) is 12.1 Å². The number of carbonyl (C=O) groups excluding carboxylic acids is 1. The number of nitrogens with zero attached hydrogens (tertiary/aromatic N) is 5. The lowest BCUT2D eigenvalue weighted by Gasteiger charge is -2.49. The SMILES string of the molecule is Cn1cnnc1C(F)C1(c2cccc(N3Cc4c(cc(CN5CC(C)(O)C5)cc4C(F)(F)F)C3=O)c2)CC(F)(F)C1. The molecule has 1 saturated heterocycles. The van der Waals surface area contributed by atoms with Gasteiger partial charge in [0.05, 0.1) is 17.7 Å². The Morgan fingerprint density at radius 1 is 1.12 bits per heavy atom. The second-order valence-electron chi connectivity index (χ2n) is 11.8. The third-order valence-electron chi connectivity index (χ3n) is 8.28. The molecule has 1 N–H and O–H groups in total. The molecule has 7 nitrogen and oxygen atoms in total. The standard InChI is InChI=1S/C28H27F6N5O2/c1-25(41)13-38(14-25)9-16-6-19-20(21(7-16)28(32,33)34)10-39(24(19)40)18-5-3-4-17(8-18)26(11-27(30,31)12-26)22(29)23-36-35-15-37(23)2/h3-8,15,22,41H,9-14H2,1-2H3. The number of likely N-dealkylation sites (tertiary alicyclic amines) is 1. The lowest BCUT2D eigenvalue weighted by molar-refractivity contribution is -0.151. The fraction of sp³-hybridized carbons (Fsp3) is 0.464. The van der Waals surface area contributed by atoms with Gasteiger partial charge in [0.15, 0.2) is 12.0 Å². The quantitative estimate of drug-likeness (QED) is 0.419. The Kier molecular flexibility index (Phi) is 6.10. The molecule has 1 aromatic heterocycles. The lowest BCUT2D eigenvalue weighted by atomic mass is 9.59. The lowest BCUT2D eigenvalue weighted by Crippen LogP contribution is -2.59. The topological polar surface area (TPSA) is 74.5 Å². The number of hydrogen-bond donors (Lipinski definition) is 1. The largest absolute Gasteiger partial charge is 0.416 e. The summed E-state index contributed by atoms with van der Waals surface area (Å²) in [6.45, 7) is 1.98. The number of hydrogen-bond acceptors (Lipinski definition) is 5. The van der Waals surface area contributed by atoms with Crippen molar-refractivity contribution in [2.75, 3.05) is 18.0 Å². The normalized spacial score (nSPS) is 21.8. The molecule has 0 bridgehead atoms. The first kappa shape index (κ1) is 27.7. The molecule has 218 valence electrons. The minimum Gasteiger partial charge on any atom is -0.388 e. The van der Waals surface area contributed by atoms with Gasteiger partial charge in [-0.15, -0.1) is 10.2 Å². The first-order valence-electron chi connectivity index (χ1n) is 13.0. The van der Waals surface area contributed by atoms with E-state index >= 15 is 4.39 Å². The van der Waals surface area contributed by atoms with Crippen LogP contribution in [0.5, 0.6) is 0 Å². The van der Waals surface area contributed by atoms with Crippen LogP contribution in [-0.4, -0.2) is 55.3 Å². The van der Waals surface area contributed by atoms with Crippen LogP contribution in [0, 0.1) is 0 Å². The Balaban J connectivity index is 1.34. The first-order valence-corrected chi connectivity index (χ1v) is 13.0. The van der Waals surface area contributed by atoms with Gasteiger partial charge in [-0.2, -0.15) is 13.2 Å². The van der Waals surface area contributed by atoms with Crippen molar-refractivity contribution in [1.29, 1.82) is 0 Å². The van der Waals surface area contributed by atoms with Crippen molar-refractivity contribution in [3.05, 3.63) is 76.4 Å². The van der Waals surface area contributed by atoms with Gasteiger partial charge < -0.3 is 14.6 Å². The number of benzene rings is 2. The fourth-order valence-corrected chi connectivity index (χ4v) is 6.46. The highest BCUT2D eigenvalue weighted by Gasteiger charge is 2.63. The van der Waals surface area contributed by atoms with E-state index in [1.165, 1.54) is 48.3 Å². The monoisotopic (exact) mass is 579 g/mol. The minimum atomic E-state index is -4.72. The van der Waals surface area contributed by atoms with E-state index < -0.39 is 53.6 Å². The fourth-order valence-electron chi connectivity index (χ4n) is 6.46. The van der Waals surface area contributed by atoms with E-state index in [0.29, 0.717) is 13.1 Å². The smallest absolute Gasteiger partial charge is 0.388 e. The summed E-state index contributed by atoms with van der Waals surface area (Å²) >= 11 is 0. The summed E-state index contributed by atoms with van der Waals surface area (Å²) in [7, 11) is 1.50. The molecule has 1 aliphatic carbocycles. The summed E-state index contributed by atoms with van der Waals surface area (Å²) in [4.78, 5) is 16.4. The summed E-state index contributed by atoms with van der Waals surface area (Å²) in [6, 6.07) is 8.31. The summed E-state index contributed by atoms with van der Waals surface area (Å²) < 4.78 is 88.0. The van der Waals surface area contributed by atoms with E-state index in [9.17, 15) is 31.9 Å². The molecule has 1 atom stereocenters. The molecule has 6 rings (SSSR count). The Morgan fingerprint density at radius 2 is 1.83 bits per heavy atom. The number of carbonyl (C=O) groups is 1. The summed E-state index contributed by atoms with van der Waals surface area (Å²) in [5.41, 5.74) is -3.11. The van der Waals surface area contributed by atoms with Crippen molar-refractivity contribution in [2.45, 2.75) is 62.1 Å². The molecular weight excluding hydrogens is 552 g/mol. The average Bonchev–Trinajstić information content (AvgIpc) is 3.42. The van der Waals surface area contributed by atoms with E-state index in [4.69, 9.17) is 0 Å². The van der Waals surface area contributed by atoms with Crippen molar-refractivity contribution < 1.29 is 36.2 Å². The molecular formula is C28H27F6N5O2. The molecule has 3 heterocycles. The second kappa shape index (κ2) is 9.02. The van der Waals surface area contributed by atoms with Crippen LogP contribution in [0.1, 0.15) is 64.4 Å². The van der Waals surface area contributed by atoms with Gasteiger partial charge in [-0.25, -0.2) is 13.2 Å². The Bertz CT molecular complexity index is 1520. The maximum absolute atomic E-state index is 15.9. The number of rotatable bonds is 6. The highest BCUT2D eigenvalue weighted by atomic mass is 19.4. The van der Waals surface area contributed by atoms with E-state index in [1.807, 2.05) is 0 Å². The molecule has 1 unspecified atom stereocenters. The van der Waals surface area contributed by atoms with Gasteiger partial charge in [0.2, 0.25) is 5.92 Å². The summed E-state index contributed by atoms with van der Waals surface area (Å²) in [6.07, 6.45) is -6.98. The van der Waals surface area contributed by atoms with Gasteiger partial charge in [0.1, 0.15) is 6.33 Å². The number of fused-ring (bicyclic) bond motifs is 1. The molecule has 3 aromatic rings. The maximum Gasteiger partial charge on any atom is 0.416 e. The summed E-state index contributed by atoms with van der Waals surface area (Å²) in [5.74, 6) is -3.90. The highest BCUT2D eigenvalue weighted by molar-refractivity contribution is 6.10. The highest BCUT2D eigenvalue weighted by Crippen LogP contribution is 2.60. The average molecular weight is 580 g/mol. The van der Waals surface area contributed by atoms with Crippen LogP contribution in [0.25, 0.3) is 0 Å². The Hall–Kier alpha value is -3.45. The van der Waals surface area contributed by atoms with Crippen molar-refractivity contribution in [3.8, 4) is 0 Å². The molecule has 0 radical (unpaired) electrons.